The minimum Gasteiger partial charge on any atom is -0.347 e. The summed E-state index contributed by atoms with van der Waals surface area (Å²) in [6.07, 6.45) is 1.36. The summed E-state index contributed by atoms with van der Waals surface area (Å²) in [7, 11) is 1.48. The molecule has 1 aliphatic rings. The van der Waals surface area contributed by atoms with Gasteiger partial charge in [0.2, 0.25) is 5.91 Å². The van der Waals surface area contributed by atoms with Crippen molar-refractivity contribution in [3.63, 3.8) is 0 Å². The summed E-state index contributed by atoms with van der Waals surface area (Å²) >= 11 is 0. The van der Waals surface area contributed by atoms with E-state index in [0.717, 1.165) is 5.06 Å². The van der Waals surface area contributed by atoms with Crippen molar-refractivity contribution in [2.24, 2.45) is 0 Å². The van der Waals surface area contributed by atoms with Gasteiger partial charge in [-0.3, -0.25) is 15.1 Å². The van der Waals surface area contributed by atoms with Crippen LogP contribution in [0, 0.1) is 0 Å². The second-order valence-corrected chi connectivity index (χ2v) is 1.88. The average molecular weight is 128 g/mol. The van der Waals surface area contributed by atoms with Gasteiger partial charge in [0.05, 0.1) is 12.2 Å². The molecule has 2 N–H and O–H groups in total. The van der Waals surface area contributed by atoms with Crippen LogP contribution in [0.2, 0.25) is 0 Å². The molecule has 0 bridgehead atoms. The first-order valence-corrected chi connectivity index (χ1v) is 2.61. The number of likely N-dealkylation sites (N-methyl/N-ethyl adjacent to an activating group) is 1. The molecule has 0 aromatic carbocycles. The highest BCUT2D eigenvalue weighted by Crippen LogP contribution is 2.00. The molecular formula is C5H8N2O2. The van der Waals surface area contributed by atoms with Gasteiger partial charge in [-0.15, -0.1) is 0 Å². The molecule has 50 valence electrons. The van der Waals surface area contributed by atoms with Gasteiger partial charge in [-0.05, 0) is 0 Å². The highest BCUT2D eigenvalue weighted by molar-refractivity contribution is 5.90. The highest BCUT2D eigenvalue weighted by atomic mass is 16.5. The minimum absolute atomic E-state index is 0.147. The van der Waals surface area contributed by atoms with Crippen molar-refractivity contribution in [3.8, 4) is 0 Å². The third kappa shape index (κ3) is 1.20. The third-order valence-corrected chi connectivity index (χ3v) is 1.16. The zero-order valence-corrected chi connectivity index (χ0v) is 5.09. The summed E-state index contributed by atoms with van der Waals surface area (Å²) in [5, 5.41) is 12.2. The summed E-state index contributed by atoms with van der Waals surface area (Å²) in [5.74, 6) is -0.147. The Morgan fingerprint density at radius 1 is 1.89 bits per heavy atom. The zero-order valence-electron chi connectivity index (χ0n) is 5.09. The maximum absolute atomic E-state index is 10.4. The molecule has 0 aliphatic carbocycles. The van der Waals surface area contributed by atoms with Crippen molar-refractivity contribution < 1.29 is 10.0 Å². The Morgan fingerprint density at radius 2 is 2.56 bits per heavy atom. The molecule has 1 aliphatic heterocycles. The summed E-state index contributed by atoms with van der Waals surface area (Å²) in [4.78, 5) is 10.4. The van der Waals surface area contributed by atoms with Crippen molar-refractivity contribution in [1.82, 2.24) is 10.4 Å². The number of hydrogen-bond donors (Lipinski definition) is 2. The molecule has 0 aromatic rings. The van der Waals surface area contributed by atoms with E-state index in [1.165, 1.54) is 13.1 Å². The summed E-state index contributed by atoms with van der Waals surface area (Å²) in [5.41, 5.74) is 0.597. The van der Waals surface area contributed by atoms with Crippen LogP contribution in [0.1, 0.15) is 0 Å². The number of nitrogens with one attached hydrogen (secondary N) is 1. The molecule has 0 aromatic heterocycles. The fourth-order valence-corrected chi connectivity index (χ4v) is 0.639. The smallest absolute Gasteiger partial charge is 0.246 e. The van der Waals surface area contributed by atoms with Crippen LogP contribution in [0.4, 0.5) is 0 Å². The molecule has 4 heteroatoms. The lowest BCUT2D eigenvalue weighted by Crippen LogP contribution is -2.19. The molecule has 0 spiro atoms. The predicted octanol–water partition coefficient (Wildman–Crippen LogP) is -0.679. The summed E-state index contributed by atoms with van der Waals surface area (Å²) < 4.78 is 0. The van der Waals surface area contributed by atoms with E-state index in [1.807, 2.05) is 0 Å². The van der Waals surface area contributed by atoms with Gasteiger partial charge in [0.15, 0.2) is 0 Å². The van der Waals surface area contributed by atoms with Crippen molar-refractivity contribution in [1.29, 1.82) is 0 Å². The number of carbonyl (C=O) groups excluding carboxylic acids is 1. The van der Waals surface area contributed by atoms with Gasteiger partial charge < -0.3 is 5.32 Å². The standard InChI is InChI=1S/C5H8N2O2/c1-7(9)4-2-5(8)6-3-4/h2,9H,3H2,1H3,(H,6,8). The monoisotopic (exact) mass is 128 g/mol. The van der Waals surface area contributed by atoms with Crippen LogP contribution >= 0.6 is 0 Å². The lowest BCUT2D eigenvalue weighted by Gasteiger charge is -2.08. The molecule has 0 unspecified atom stereocenters. The van der Waals surface area contributed by atoms with E-state index in [0.29, 0.717) is 12.2 Å². The molecule has 4 nitrogen and oxygen atoms in total. The summed E-state index contributed by atoms with van der Waals surface area (Å²) in [6.45, 7) is 0.422. The first-order valence-electron chi connectivity index (χ1n) is 2.61. The molecule has 0 atom stereocenters. The van der Waals surface area contributed by atoms with Gasteiger partial charge in [0.1, 0.15) is 0 Å². The van der Waals surface area contributed by atoms with Crippen molar-refractivity contribution in [3.05, 3.63) is 11.8 Å². The lowest BCUT2D eigenvalue weighted by molar-refractivity contribution is -0.115. The summed E-state index contributed by atoms with van der Waals surface area (Å²) in [6, 6.07) is 0. The van der Waals surface area contributed by atoms with E-state index in [-0.39, 0.29) is 5.91 Å². The van der Waals surface area contributed by atoms with E-state index in [4.69, 9.17) is 5.21 Å². The van der Waals surface area contributed by atoms with Crippen molar-refractivity contribution in [2.45, 2.75) is 0 Å². The van der Waals surface area contributed by atoms with Crippen LogP contribution in [0.3, 0.4) is 0 Å². The SMILES string of the molecule is CN(O)C1=CC(=O)NC1. The Hall–Kier alpha value is -1.03. The number of rotatable bonds is 1. The second-order valence-electron chi connectivity index (χ2n) is 1.88. The number of hydrogen-bond acceptors (Lipinski definition) is 3. The maximum atomic E-state index is 10.4. The third-order valence-electron chi connectivity index (χ3n) is 1.16. The van der Waals surface area contributed by atoms with E-state index < -0.39 is 0 Å². The number of carbonyl (C=O) groups is 1. The zero-order chi connectivity index (χ0) is 6.85. The van der Waals surface area contributed by atoms with Crippen LogP contribution in [0.25, 0.3) is 0 Å². The fraction of sp³-hybridized carbons (Fsp3) is 0.400. The normalized spacial score (nSPS) is 17.1. The minimum atomic E-state index is -0.147. The topological polar surface area (TPSA) is 52.6 Å². The lowest BCUT2D eigenvalue weighted by atomic mass is 10.4. The Balaban J connectivity index is 2.62. The fourth-order valence-electron chi connectivity index (χ4n) is 0.639. The molecule has 0 saturated carbocycles. The predicted molar refractivity (Wildman–Crippen MR) is 30.6 cm³/mol. The van der Waals surface area contributed by atoms with Crippen molar-refractivity contribution in [2.75, 3.05) is 13.6 Å². The molecule has 1 heterocycles. The Bertz CT molecular complexity index is 162. The number of nitrogens with zero attached hydrogens (tertiary/aromatic N) is 1. The van der Waals surface area contributed by atoms with Crippen molar-refractivity contribution >= 4 is 5.91 Å². The van der Waals surface area contributed by atoms with Crippen LogP contribution in [-0.4, -0.2) is 29.8 Å². The van der Waals surface area contributed by atoms with E-state index in [2.05, 4.69) is 5.32 Å². The Morgan fingerprint density at radius 3 is 2.78 bits per heavy atom. The Labute approximate surface area is 52.7 Å². The van der Waals surface area contributed by atoms with Crippen LogP contribution in [0.15, 0.2) is 11.8 Å². The molecular weight excluding hydrogens is 120 g/mol. The van der Waals surface area contributed by atoms with Crippen LogP contribution in [-0.2, 0) is 4.79 Å². The van der Waals surface area contributed by atoms with Gasteiger partial charge in [0.25, 0.3) is 0 Å². The van der Waals surface area contributed by atoms with Crippen LogP contribution in [0.5, 0.6) is 0 Å². The maximum Gasteiger partial charge on any atom is 0.246 e. The largest absolute Gasteiger partial charge is 0.347 e. The molecule has 0 saturated heterocycles. The van der Waals surface area contributed by atoms with Gasteiger partial charge in [-0.1, -0.05) is 0 Å². The van der Waals surface area contributed by atoms with Gasteiger partial charge >= 0.3 is 0 Å². The highest BCUT2D eigenvalue weighted by Gasteiger charge is 2.11. The van der Waals surface area contributed by atoms with Gasteiger partial charge in [-0.25, -0.2) is 0 Å². The van der Waals surface area contributed by atoms with Crippen LogP contribution < -0.4 is 5.32 Å². The first kappa shape index (κ1) is 6.10. The molecule has 0 radical (unpaired) electrons. The van der Waals surface area contributed by atoms with E-state index >= 15 is 0 Å². The first-order chi connectivity index (χ1) is 4.20. The molecule has 0 fully saturated rings. The number of hydroxylamine groups is 2. The quantitative estimate of drug-likeness (QED) is 0.460. The van der Waals surface area contributed by atoms with E-state index in [9.17, 15) is 4.79 Å². The molecule has 1 rings (SSSR count). The molecule has 9 heavy (non-hydrogen) atoms. The van der Waals surface area contributed by atoms with Gasteiger partial charge in [-0.2, -0.15) is 0 Å². The number of amides is 1. The van der Waals surface area contributed by atoms with E-state index in [1.54, 1.807) is 0 Å². The van der Waals surface area contributed by atoms with Gasteiger partial charge in [0, 0.05) is 13.1 Å². The molecule has 1 amide bonds. The Kier molecular flexibility index (Phi) is 1.40. The average Bonchev–Trinajstić information content (AvgIpc) is 2.14. The second kappa shape index (κ2) is 2.06.